The molecule has 0 unspecified atom stereocenters. The number of benzene rings is 2. The molecule has 0 aliphatic rings. The molecule has 0 aromatic heterocycles. The predicted octanol–water partition coefficient (Wildman–Crippen LogP) is 4.88. The lowest BCUT2D eigenvalue weighted by Crippen LogP contribution is -2.28. The lowest BCUT2D eigenvalue weighted by molar-refractivity contribution is -0.137. The van der Waals surface area contributed by atoms with Crippen LogP contribution in [0.1, 0.15) is 22.3 Å². The molecule has 2 aromatic rings. The molecule has 2 rings (SSSR count). The van der Waals surface area contributed by atoms with Crippen LogP contribution >= 0.6 is 0 Å². The molecule has 1 amide bonds. The summed E-state index contributed by atoms with van der Waals surface area (Å²) in [6.07, 6.45) is -10.3. The third kappa shape index (κ3) is 6.45. The van der Waals surface area contributed by atoms with E-state index in [0.717, 1.165) is 24.3 Å². The van der Waals surface area contributed by atoms with E-state index < -0.39 is 74.3 Å². The number of anilines is 1. The van der Waals surface area contributed by atoms with Crippen molar-refractivity contribution in [2.75, 3.05) is 11.3 Å². The van der Waals surface area contributed by atoms with Gasteiger partial charge in [-0.05, 0) is 48.9 Å². The van der Waals surface area contributed by atoms with E-state index in [9.17, 15) is 43.9 Å². The summed E-state index contributed by atoms with van der Waals surface area (Å²) < 4.78 is 116. The van der Waals surface area contributed by atoms with Gasteiger partial charge >= 0.3 is 12.4 Å². The van der Waals surface area contributed by atoms with Crippen LogP contribution in [0.5, 0.6) is 0 Å². The van der Waals surface area contributed by atoms with Gasteiger partial charge in [0.25, 0.3) is 15.9 Å². The molecule has 0 heterocycles. The number of sulfonamides is 1. The van der Waals surface area contributed by atoms with Crippen LogP contribution in [-0.2, 0) is 16.2 Å². The van der Waals surface area contributed by atoms with Crippen molar-refractivity contribution in [1.82, 2.24) is 5.32 Å². The lowest BCUT2D eigenvalue weighted by atomic mass is 10.1. The van der Waals surface area contributed by atoms with Crippen LogP contribution in [0.25, 0.3) is 0 Å². The Morgan fingerprint density at radius 1 is 0.969 bits per heavy atom. The molecule has 0 saturated carbocycles. The number of amides is 1. The standard InChI is InChI=1S/C19H15F7N2O3S/c1-11(18(21,22)23)8-9-27-17(29)15-7-2-12(19(24,25)26)10-16(15)28-32(30,31)14-5-3-13(20)4-6-14/h2-7,10,28H,1,8-9H2,(H,27,29). The summed E-state index contributed by atoms with van der Waals surface area (Å²) in [6.45, 7) is 2.27. The Morgan fingerprint density at radius 2 is 1.56 bits per heavy atom. The third-order valence-electron chi connectivity index (χ3n) is 4.07. The zero-order chi connectivity index (χ0) is 24.3. The average Bonchev–Trinajstić information content (AvgIpc) is 2.66. The summed E-state index contributed by atoms with van der Waals surface area (Å²) in [5, 5.41) is 2.07. The van der Waals surface area contributed by atoms with E-state index in [4.69, 9.17) is 0 Å². The van der Waals surface area contributed by atoms with Crippen molar-refractivity contribution in [3.05, 3.63) is 71.6 Å². The van der Waals surface area contributed by atoms with Gasteiger partial charge in [-0.2, -0.15) is 26.3 Å². The second-order valence-corrected chi connectivity index (χ2v) is 8.11. The van der Waals surface area contributed by atoms with Crippen molar-refractivity contribution in [1.29, 1.82) is 0 Å². The molecule has 174 valence electrons. The van der Waals surface area contributed by atoms with Gasteiger partial charge in [0.2, 0.25) is 0 Å². The van der Waals surface area contributed by atoms with E-state index in [0.29, 0.717) is 18.2 Å². The molecule has 0 spiro atoms. The van der Waals surface area contributed by atoms with E-state index in [1.54, 1.807) is 0 Å². The molecule has 13 heteroatoms. The summed E-state index contributed by atoms with van der Waals surface area (Å²) in [6, 6.07) is 4.88. The van der Waals surface area contributed by atoms with Crippen LogP contribution in [0, 0.1) is 5.82 Å². The van der Waals surface area contributed by atoms with Gasteiger partial charge in [0, 0.05) is 12.1 Å². The first-order valence-electron chi connectivity index (χ1n) is 8.64. The Morgan fingerprint density at radius 3 is 2.09 bits per heavy atom. The molecule has 32 heavy (non-hydrogen) atoms. The summed E-state index contributed by atoms with van der Waals surface area (Å²) >= 11 is 0. The highest BCUT2D eigenvalue weighted by Crippen LogP contribution is 2.33. The number of nitrogens with one attached hydrogen (secondary N) is 2. The van der Waals surface area contributed by atoms with Crippen LogP contribution in [-0.4, -0.2) is 27.0 Å². The average molecular weight is 484 g/mol. The van der Waals surface area contributed by atoms with E-state index >= 15 is 0 Å². The molecule has 0 aliphatic carbocycles. The largest absolute Gasteiger partial charge is 0.416 e. The Labute approximate surface area is 178 Å². The van der Waals surface area contributed by atoms with Crippen LogP contribution in [0.15, 0.2) is 59.5 Å². The van der Waals surface area contributed by atoms with Crippen LogP contribution in [0.4, 0.5) is 36.4 Å². The van der Waals surface area contributed by atoms with Crippen LogP contribution in [0.2, 0.25) is 0 Å². The topological polar surface area (TPSA) is 75.3 Å². The molecular formula is C19H15F7N2O3S. The fraction of sp³-hybridized carbons (Fsp3) is 0.211. The molecule has 2 aromatic carbocycles. The van der Waals surface area contributed by atoms with Crippen LogP contribution in [0.3, 0.4) is 0 Å². The maximum absolute atomic E-state index is 13.1. The molecule has 0 atom stereocenters. The molecule has 5 nitrogen and oxygen atoms in total. The molecule has 0 aliphatic heterocycles. The van der Waals surface area contributed by atoms with E-state index in [2.05, 4.69) is 11.9 Å². The first-order valence-corrected chi connectivity index (χ1v) is 10.1. The van der Waals surface area contributed by atoms with Gasteiger partial charge in [0.1, 0.15) is 5.82 Å². The quantitative estimate of drug-likeness (QED) is 0.435. The van der Waals surface area contributed by atoms with Crippen molar-refractivity contribution >= 4 is 21.6 Å². The van der Waals surface area contributed by atoms with Gasteiger partial charge in [-0.15, -0.1) is 0 Å². The lowest BCUT2D eigenvalue weighted by Gasteiger charge is -2.16. The minimum Gasteiger partial charge on any atom is -0.352 e. The smallest absolute Gasteiger partial charge is 0.352 e. The van der Waals surface area contributed by atoms with Gasteiger partial charge in [-0.3, -0.25) is 9.52 Å². The Kier molecular flexibility index (Phi) is 7.23. The Bertz CT molecular complexity index is 1110. The number of carbonyl (C=O) groups excluding carboxylic acids is 1. The summed E-state index contributed by atoms with van der Waals surface area (Å²) in [5.41, 5.74) is -3.75. The maximum atomic E-state index is 13.1. The number of carbonyl (C=O) groups is 1. The van der Waals surface area contributed by atoms with E-state index in [-0.39, 0.29) is 0 Å². The fourth-order valence-corrected chi connectivity index (χ4v) is 3.45. The van der Waals surface area contributed by atoms with Gasteiger partial charge in [-0.25, -0.2) is 12.8 Å². The minimum absolute atomic E-state index is 0.366. The summed E-state index contributed by atoms with van der Waals surface area (Å²) in [4.78, 5) is 11.8. The van der Waals surface area contributed by atoms with Crippen molar-refractivity contribution in [2.24, 2.45) is 0 Å². The first-order chi connectivity index (χ1) is 14.6. The molecule has 0 radical (unpaired) electrons. The van der Waals surface area contributed by atoms with E-state index in [1.165, 1.54) is 0 Å². The molecule has 0 saturated heterocycles. The van der Waals surface area contributed by atoms with Gasteiger partial charge in [0.15, 0.2) is 0 Å². The van der Waals surface area contributed by atoms with Crippen molar-refractivity contribution < 1.29 is 43.9 Å². The highest BCUT2D eigenvalue weighted by Gasteiger charge is 2.33. The summed E-state index contributed by atoms with van der Waals surface area (Å²) in [7, 11) is -4.53. The Hall–Kier alpha value is -3.09. The van der Waals surface area contributed by atoms with Crippen molar-refractivity contribution in [2.45, 2.75) is 23.7 Å². The number of rotatable bonds is 7. The second kappa shape index (κ2) is 9.18. The Balaban J connectivity index is 2.34. The van der Waals surface area contributed by atoms with Crippen molar-refractivity contribution in [3.63, 3.8) is 0 Å². The number of hydrogen-bond acceptors (Lipinski definition) is 3. The third-order valence-corrected chi connectivity index (χ3v) is 5.45. The molecular weight excluding hydrogens is 469 g/mol. The van der Waals surface area contributed by atoms with Gasteiger partial charge in [-0.1, -0.05) is 6.58 Å². The van der Waals surface area contributed by atoms with Crippen LogP contribution < -0.4 is 10.0 Å². The fourth-order valence-electron chi connectivity index (χ4n) is 2.38. The maximum Gasteiger partial charge on any atom is 0.416 e. The van der Waals surface area contributed by atoms with Gasteiger partial charge < -0.3 is 5.32 Å². The monoisotopic (exact) mass is 484 g/mol. The number of halogens is 7. The second-order valence-electron chi connectivity index (χ2n) is 6.42. The number of alkyl halides is 6. The van der Waals surface area contributed by atoms with E-state index in [1.807, 2.05) is 4.72 Å². The molecule has 0 fully saturated rings. The highest BCUT2D eigenvalue weighted by atomic mass is 32.2. The minimum atomic E-state index is -4.88. The zero-order valence-corrected chi connectivity index (χ0v) is 16.8. The number of hydrogen-bond donors (Lipinski definition) is 2. The molecule has 0 bridgehead atoms. The van der Waals surface area contributed by atoms with Gasteiger partial charge in [0.05, 0.1) is 21.7 Å². The highest BCUT2D eigenvalue weighted by molar-refractivity contribution is 7.92. The zero-order valence-electron chi connectivity index (χ0n) is 15.9. The first kappa shape index (κ1) is 25.2. The van der Waals surface area contributed by atoms with Crippen molar-refractivity contribution in [3.8, 4) is 0 Å². The predicted molar refractivity (Wildman–Crippen MR) is 101 cm³/mol. The normalized spacial score (nSPS) is 12.3. The molecule has 2 N–H and O–H groups in total. The summed E-state index contributed by atoms with van der Waals surface area (Å²) in [5.74, 6) is -1.88. The SMILES string of the molecule is C=C(CCNC(=O)c1ccc(C(F)(F)F)cc1NS(=O)(=O)c1ccc(F)cc1)C(F)(F)F.